The highest BCUT2D eigenvalue weighted by Gasteiger charge is 2.31. The summed E-state index contributed by atoms with van der Waals surface area (Å²) in [4.78, 5) is 40.7. The first-order valence-electron chi connectivity index (χ1n) is 8.40. The summed E-state index contributed by atoms with van der Waals surface area (Å²) in [6.07, 6.45) is 1.91. The molecule has 2 aliphatic heterocycles. The molecule has 1 aromatic rings. The van der Waals surface area contributed by atoms with Gasteiger partial charge in [-0.05, 0) is 24.3 Å². The molecule has 3 heterocycles. The first-order chi connectivity index (χ1) is 11.6. The van der Waals surface area contributed by atoms with Gasteiger partial charge in [-0.15, -0.1) is 11.3 Å². The highest BCUT2D eigenvalue weighted by Crippen LogP contribution is 2.17. The van der Waals surface area contributed by atoms with Gasteiger partial charge < -0.3 is 14.5 Å². The maximum absolute atomic E-state index is 12.3. The Morgan fingerprint density at radius 1 is 1.12 bits per heavy atom. The van der Waals surface area contributed by atoms with Gasteiger partial charge in [-0.25, -0.2) is 0 Å². The van der Waals surface area contributed by atoms with Gasteiger partial charge in [0.2, 0.25) is 5.91 Å². The molecule has 2 amide bonds. The van der Waals surface area contributed by atoms with E-state index < -0.39 is 0 Å². The summed E-state index contributed by atoms with van der Waals surface area (Å²) in [5, 5.41) is 1.86. The molecule has 1 unspecified atom stereocenters. The Hall–Kier alpha value is -1.73. The number of carbonyl (C=O) groups is 3. The van der Waals surface area contributed by atoms with Crippen molar-refractivity contribution in [2.24, 2.45) is 0 Å². The van der Waals surface area contributed by atoms with Crippen LogP contribution >= 0.6 is 11.3 Å². The molecule has 6 nitrogen and oxygen atoms in total. The Morgan fingerprint density at radius 3 is 2.50 bits per heavy atom. The van der Waals surface area contributed by atoms with E-state index in [1.165, 1.54) is 11.3 Å². The van der Waals surface area contributed by atoms with Gasteiger partial charge in [0.25, 0.3) is 5.91 Å². The minimum atomic E-state index is -0.296. The number of piperazine rings is 1. The summed E-state index contributed by atoms with van der Waals surface area (Å²) in [7, 11) is 0. The Labute approximate surface area is 145 Å². The molecule has 3 rings (SSSR count). The van der Waals surface area contributed by atoms with Crippen LogP contribution in [0.4, 0.5) is 0 Å². The Bertz CT molecular complexity index is 588. The van der Waals surface area contributed by atoms with E-state index in [9.17, 15) is 14.4 Å². The van der Waals surface area contributed by atoms with Crippen molar-refractivity contribution in [3.8, 4) is 0 Å². The lowest BCUT2D eigenvalue weighted by molar-refractivity contribution is -0.146. The molecule has 1 atom stereocenters. The standard InChI is InChI=1S/C17H22N2O4S/c20-13(15-4-2-12-24-15)5-6-16(21)18-7-9-19(10-8-18)17(22)14-3-1-11-23-14/h2,4,12,14H,1,3,5-11H2. The van der Waals surface area contributed by atoms with Gasteiger partial charge in [0.05, 0.1) is 4.88 Å². The van der Waals surface area contributed by atoms with Crippen LogP contribution in [0.3, 0.4) is 0 Å². The van der Waals surface area contributed by atoms with Crippen molar-refractivity contribution in [2.45, 2.75) is 31.8 Å². The molecule has 7 heteroatoms. The molecule has 0 aliphatic carbocycles. The molecule has 0 aromatic carbocycles. The second-order valence-electron chi connectivity index (χ2n) is 6.11. The normalized spacial score (nSPS) is 21.1. The molecule has 0 saturated carbocycles. The average molecular weight is 350 g/mol. The minimum absolute atomic E-state index is 0.0101. The van der Waals surface area contributed by atoms with Crippen LogP contribution in [0.2, 0.25) is 0 Å². The van der Waals surface area contributed by atoms with Crippen molar-refractivity contribution in [3.63, 3.8) is 0 Å². The zero-order valence-corrected chi connectivity index (χ0v) is 14.4. The van der Waals surface area contributed by atoms with Gasteiger partial charge in [0, 0.05) is 45.6 Å². The fourth-order valence-electron chi connectivity index (χ4n) is 3.09. The average Bonchev–Trinajstić information content (AvgIpc) is 3.32. The van der Waals surface area contributed by atoms with Crippen molar-refractivity contribution in [1.82, 2.24) is 9.80 Å². The minimum Gasteiger partial charge on any atom is -0.368 e. The lowest BCUT2D eigenvalue weighted by atomic mass is 10.1. The molecule has 0 N–H and O–H groups in total. The van der Waals surface area contributed by atoms with E-state index in [2.05, 4.69) is 0 Å². The molecule has 0 bridgehead atoms. The molecule has 2 aliphatic rings. The number of ether oxygens (including phenoxy) is 1. The molecular formula is C17H22N2O4S. The van der Waals surface area contributed by atoms with Gasteiger partial charge in [-0.3, -0.25) is 14.4 Å². The Kier molecular flexibility index (Phi) is 5.63. The maximum Gasteiger partial charge on any atom is 0.251 e. The van der Waals surface area contributed by atoms with Crippen LogP contribution in [0.1, 0.15) is 35.4 Å². The van der Waals surface area contributed by atoms with E-state index in [1.54, 1.807) is 15.9 Å². The van der Waals surface area contributed by atoms with Crippen LogP contribution in [0.25, 0.3) is 0 Å². The topological polar surface area (TPSA) is 66.9 Å². The number of thiophene rings is 1. The van der Waals surface area contributed by atoms with Crippen LogP contribution < -0.4 is 0 Å². The van der Waals surface area contributed by atoms with Crippen molar-refractivity contribution in [1.29, 1.82) is 0 Å². The first kappa shape index (κ1) is 17.1. The monoisotopic (exact) mass is 350 g/mol. The lowest BCUT2D eigenvalue weighted by Gasteiger charge is -2.35. The number of carbonyl (C=O) groups excluding carboxylic acids is 3. The maximum atomic E-state index is 12.3. The number of hydrogen-bond donors (Lipinski definition) is 0. The zero-order valence-electron chi connectivity index (χ0n) is 13.6. The third kappa shape index (κ3) is 4.02. The van der Waals surface area contributed by atoms with Crippen molar-refractivity contribution in [3.05, 3.63) is 22.4 Å². The fraction of sp³-hybridized carbons (Fsp3) is 0.588. The highest BCUT2D eigenvalue weighted by molar-refractivity contribution is 7.12. The van der Waals surface area contributed by atoms with Crippen LogP contribution in [-0.2, 0) is 14.3 Å². The quantitative estimate of drug-likeness (QED) is 0.756. The molecule has 1 aromatic heterocycles. The molecule has 2 saturated heterocycles. The largest absolute Gasteiger partial charge is 0.368 e. The third-order valence-corrected chi connectivity index (χ3v) is 5.42. The summed E-state index contributed by atoms with van der Waals surface area (Å²) < 4.78 is 5.43. The van der Waals surface area contributed by atoms with Crippen molar-refractivity contribution < 1.29 is 19.1 Å². The summed E-state index contributed by atoms with van der Waals surface area (Å²) in [6, 6.07) is 3.62. The lowest BCUT2D eigenvalue weighted by Crippen LogP contribution is -2.52. The summed E-state index contributed by atoms with van der Waals surface area (Å²) in [5.41, 5.74) is 0. The van der Waals surface area contributed by atoms with E-state index in [0.717, 1.165) is 12.8 Å². The van der Waals surface area contributed by atoms with Crippen LogP contribution in [-0.4, -0.2) is 66.3 Å². The van der Waals surface area contributed by atoms with E-state index >= 15 is 0 Å². The second kappa shape index (κ2) is 7.90. The van der Waals surface area contributed by atoms with E-state index in [4.69, 9.17) is 4.74 Å². The number of hydrogen-bond acceptors (Lipinski definition) is 5. The number of ketones is 1. The van der Waals surface area contributed by atoms with Crippen LogP contribution in [0.5, 0.6) is 0 Å². The zero-order chi connectivity index (χ0) is 16.9. The highest BCUT2D eigenvalue weighted by atomic mass is 32.1. The molecule has 0 spiro atoms. The second-order valence-corrected chi connectivity index (χ2v) is 7.06. The van der Waals surface area contributed by atoms with Gasteiger partial charge in [-0.2, -0.15) is 0 Å². The van der Waals surface area contributed by atoms with Gasteiger partial charge in [0.15, 0.2) is 5.78 Å². The predicted octanol–water partition coefficient (Wildman–Crippen LogP) is 1.56. The van der Waals surface area contributed by atoms with Gasteiger partial charge in [0.1, 0.15) is 6.10 Å². The van der Waals surface area contributed by atoms with Crippen molar-refractivity contribution in [2.75, 3.05) is 32.8 Å². The summed E-state index contributed by atoms with van der Waals surface area (Å²) in [5.74, 6) is 0.0575. The third-order valence-electron chi connectivity index (χ3n) is 4.51. The molecule has 0 radical (unpaired) electrons. The molecule has 2 fully saturated rings. The number of nitrogens with zero attached hydrogens (tertiary/aromatic N) is 2. The SMILES string of the molecule is O=C(CCC(=O)N1CCN(C(=O)C2CCCO2)CC1)c1cccs1. The van der Waals surface area contributed by atoms with Crippen LogP contribution in [0, 0.1) is 0 Å². The summed E-state index contributed by atoms with van der Waals surface area (Å²) >= 11 is 1.40. The van der Waals surface area contributed by atoms with Crippen molar-refractivity contribution >= 4 is 28.9 Å². The number of amides is 2. The van der Waals surface area contributed by atoms with Gasteiger partial charge in [-0.1, -0.05) is 6.07 Å². The number of Topliss-reactive ketones (excluding diaryl/α,β-unsaturated/α-hetero) is 1. The van der Waals surface area contributed by atoms with Crippen LogP contribution in [0.15, 0.2) is 17.5 Å². The molecule has 130 valence electrons. The fourth-order valence-corrected chi connectivity index (χ4v) is 3.79. The Balaban J connectivity index is 1.41. The molecular weight excluding hydrogens is 328 g/mol. The van der Waals surface area contributed by atoms with Gasteiger partial charge >= 0.3 is 0 Å². The van der Waals surface area contributed by atoms with E-state index in [-0.39, 0.29) is 36.5 Å². The molecule has 24 heavy (non-hydrogen) atoms. The first-order valence-corrected chi connectivity index (χ1v) is 9.28. The van der Waals surface area contributed by atoms with E-state index in [1.807, 2.05) is 11.4 Å². The smallest absolute Gasteiger partial charge is 0.251 e. The Morgan fingerprint density at radius 2 is 1.88 bits per heavy atom. The number of rotatable bonds is 5. The van der Waals surface area contributed by atoms with E-state index in [0.29, 0.717) is 37.7 Å². The predicted molar refractivity (Wildman–Crippen MR) is 90.0 cm³/mol. The summed E-state index contributed by atoms with van der Waals surface area (Å²) in [6.45, 7) is 2.81.